The highest BCUT2D eigenvalue weighted by Crippen LogP contribution is 2.04. The molecule has 0 spiro atoms. The fourth-order valence-corrected chi connectivity index (χ4v) is 2.11. The second-order valence-electron chi connectivity index (χ2n) is 4.96. The fraction of sp³-hybridized carbons (Fsp3) is 0.250. The summed E-state index contributed by atoms with van der Waals surface area (Å²) < 4.78 is 1.16. The van der Waals surface area contributed by atoms with Gasteiger partial charge in [0, 0.05) is 0 Å². The van der Waals surface area contributed by atoms with Gasteiger partial charge in [-0.3, -0.25) is 14.2 Å². The highest BCUT2D eigenvalue weighted by Gasteiger charge is 2.18. The van der Waals surface area contributed by atoms with Crippen LogP contribution in [0.1, 0.15) is 13.3 Å². The number of rotatable bonds is 6. The van der Waals surface area contributed by atoms with E-state index in [1.165, 1.54) is 6.33 Å². The maximum absolute atomic E-state index is 12.3. The molecular formula is C16H17N3O4. The minimum absolute atomic E-state index is 0.183. The fourth-order valence-electron chi connectivity index (χ4n) is 2.11. The lowest BCUT2D eigenvalue weighted by molar-refractivity contribution is -0.141. The van der Waals surface area contributed by atoms with Gasteiger partial charge in [-0.2, -0.15) is 0 Å². The van der Waals surface area contributed by atoms with Gasteiger partial charge < -0.3 is 10.4 Å². The molecule has 2 aromatic rings. The van der Waals surface area contributed by atoms with E-state index in [1.807, 2.05) is 0 Å². The van der Waals surface area contributed by atoms with E-state index in [0.29, 0.717) is 10.9 Å². The molecule has 0 radical (unpaired) electrons. The average Bonchev–Trinajstić information content (AvgIpc) is 2.54. The molecule has 2 N–H and O–H groups in total. The third-order valence-electron chi connectivity index (χ3n) is 3.29. The van der Waals surface area contributed by atoms with E-state index >= 15 is 0 Å². The summed E-state index contributed by atoms with van der Waals surface area (Å²) in [5.41, 5.74) is 0.205. The Bertz CT molecular complexity index is 810. The third kappa shape index (κ3) is 4.03. The van der Waals surface area contributed by atoms with Crippen LogP contribution >= 0.6 is 0 Å². The van der Waals surface area contributed by atoms with E-state index in [1.54, 1.807) is 43.3 Å². The van der Waals surface area contributed by atoms with Crippen LogP contribution in [0.25, 0.3) is 10.9 Å². The molecule has 1 unspecified atom stereocenters. The maximum atomic E-state index is 12.3. The smallest absolute Gasteiger partial charge is 0.326 e. The SMILES string of the molecule is C/C=C/CC(NC(=O)Cn1cnc2ccccc2c1=O)C(=O)O. The maximum Gasteiger partial charge on any atom is 0.326 e. The Morgan fingerprint density at radius 2 is 2.13 bits per heavy atom. The van der Waals surface area contributed by atoms with Crippen molar-refractivity contribution in [1.82, 2.24) is 14.9 Å². The Hall–Kier alpha value is -2.96. The summed E-state index contributed by atoms with van der Waals surface area (Å²) in [5.74, 6) is -1.68. The van der Waals surface area contributed by atoms with Gasteiger partial charge in [0.25, 0.3) is 5.56 Å². The number of amides is 1. The molecule has 0 saturated heterocycles. The van der Waals surface area contributed by atoms with Gasteiger partial charge in [-0.1, -0.05) is 24.3 Å². The first-order valence-electron chi connectivity index (χ1n) is 7.10. The molecule has 1 aromatic carbocycles. The molecule has 1 amide bonds. The van der Waals surface area contributed by atoms with Gasteiger partial charge in [0.1, 0.15) is 12.6 Å². The summed E-state index contributed by atoms with van der Waals surface area (Å²) in [6, 6.07) is 5.80. The first-order valence-corrected chi connectivity index (χ1v) is 7.10. The van der Waals surface area contributed by atoms with Crippen molar-refractivity contribution in [3.8, 4) is 0 Å². The molecule has 1 aromatic heterocycles. The van der Waals surface area contributed by atoms with Crippen molar-refractivity contribution in [3.63, 3.8) is 0 Å². The number of aromatic nitrogens is 2. The zero-order chi connectivity index (χ0) is 16.8. The molecule has 0 saturated carbocycles. The molecule has 0 fully saturated rings. The lowest BCUT2D eigenvalue weighted by atomic mass is 10.2. The topological polar surface area (TPSA) is 101 Å². The van der Waals surface area contributed by atoms with Crippen molar-refractivity contribution in [2.75, 3.05) is 0 Å². The summed E-state index contributed by atoms with van der Waals surface area (Å²) in [7, 11) is 0. The van der Waals surface area contributed by atoms with Gasteiger partial charge in [-0.25, -0.2) is 9.78 Å². The standard InChI is InChI=1S/C16H17N3O4/c1-2-3-7-13(16(22)23)18-14(20)9-19-10-17-12-8-5-4-6-11(12)15(19)21/h2-6,8,10,13H,7,9H2,1H3,(H,18,20)(H,22,23)/b3-2+. The zero-order valence-corrected chi connectivity index (χ0v) is 12.6. The van der Waals surface area contributed by atoms with E-state index in [2.05, 4.69) is 10.3 Å². The number of nitrogens with zero attached hydrogens (tertiary/aromatic N) is 2. The number of hydrogen-bond acceptors (Lipinski definition) is 4. The summed E-state index contributed by atoms with van der Waals surface area (Å²) in [4.78, 5) is 39.5. The number of carbonyl (C=O) groups is 2. The predicted molar refractivity (Wildman–Crippen MR) is 85.0 cm³/mol. The summed E-state index contributed by atoms with van der Waals surface area (Å²) in [6.07, 6.45) is 4.83. The number of carboxylic acid groups (broad SMARTS) is 1. The van der Waals surface area contributed by atoms with Gasteiger partial charge in [-0.05, 0) is 25.5 Å². The molecular weight excluding hydrogens is 298 g/mol. The molecule has 2 rings (SSSR count). The van der Waals surface area contributed by atoms with Crippen LogP contribution in [0, 0.1) is 0 Å². The molecule has 0 aliphatic heterocycles. The lowest BCUT2D eigenvalue weighted by Crippen LogP contribution is -2.43. The van der Waals surface area contributed by atoms with E-state index in [4.69, 9.17) is 5.11 Å². The van der Waals surface area contributed by atoms with E-state index in [9.17, 15) is 14.4 Å². The van der Waals surface area contributed by atoms with E-state index < -0.39 is 17.9 Å². The van der Waals surface area contributed by atoms with Crippen molar-refractivity contribution in [2.24, 2.45) is 0 Å². The van der Waals surface area contributed by atoms with Crippen LogP contribution in [0.4, 0.5) is 0 Å². The van der Waals surface area contributed by atoms with Gasteiger partial charge in [0.05, 0.1) is 17.2 Å². The number of para-hydroxylation sites is 1. The molecule has 23 heavy (non-hydrogen) atoms. The zero-order valence-electron chi connectivity index (χ0n) is 12.6. The molecule has 1 heterocycles. The quantitative estimate of drug-likeness (QED) is 0.772. The minimum atomic E-state index is -1.12. The first-order chi connectivity index (χ1) is 11.0. The van der Waals surface area contributed by atoms with Gasteiger partial charge >= 0.3 is 5.97 Å². The van der Waals surface area contributed by atoms with Crippen molar-refractivity contribution in [2.45, 2.75) is 25.9 Å². The monoisotopic (exact) mass is 315 g/mol. The highest BCUT2D eigenvalue weighted by atomic mass is 16.4. The molecule has 120 valence electrons. The molecule has 7 heteroatoms. The molecule has 7 nitrogen and oxygen atoms in total. The Morgan fingerprint density at radius 1 is 1.39 bits per heavy atom. The number of allylic oxidation sites excluding steroid dienone is 1. The first kappa shape index (κ1) is 16.4. The van der Waals surface area contributed by atoms with Gasteiger partial charge in [0.2, 0.25) is 5.91 Å². The van der Waals surface area contributed by atoms with Gasteiger partial charge in [-0.15, -0.1) is 0 Å². The number of aliphatic carboxylic acids is 1. The van der Waals surface area contributed by atoms with Crippen LogP contribution in [-0.4, -0.2) is 32.6 Å². The second kappa shape index (κ2) is 7.35. The summed E-state index contributed by atoms with van der Waals surface area (Å²) in [6.45, 7) is 1.48. The second-order valence-corrected chi connectivity index (χ2v) is 4.96. The van der Waals surface area contributed by atoms with Crippen molar-refractivity contribution in [1.29, 1.82) is 0 Å². The Morgan fingerprint density at radius 3 is 2.83 bits per heavy atom. The normalized spacial score (nSPS) is 12.4. The third-order valence-corrected chi connectivity index (χ3v) is 3.29. The Kier molecular flexibility index (Phi) is 5.24. The van der Waals surface area contributed by atoms with Crippen LogP contribution in [-0.2, 0) is 16.1 Å². The van der Waals surface area contributed by atoms with Crippen LogP contribution in [0.15, 0.2) is 47.5 Å². The van der Waals surface area contributed by atoms with Crippen molar-refractivity contribution >= 4 is 22.8 Å². The molecule has 1 atom stereocenters. The van der Waals surface area contributed by atoms with E-state index in [0.717, 1.165) is 4.57 Å². The van der Waals surface area contributed by atoms with Crippen molar-refractivity contribution in [3.05, 3.63) is 53.1 Å². The van der Waals surface area contributed by atoms with Crippen LogP contribution in [0.5, 0.6) is 0 Å². The van der Waals surface area contributed by atoms with Crippen LogP contribution in [0.2, 0.25) is 0 Å². The van der Waals surface area contributed by atoms with Gasteiger partial charge in [0.15, 0.2) is 0 Å². The number of carbonyl (C=O) groups excluding carboxylic acids is 1. The average molecular weight is 315 g/mol. The molecule has 0 bridgehead atoms. The number of hydrogen-bond donors (Lipinski definition) is 2. The Labute approximate surface area is 132 Å². The molecule has 0 aliphatic carbocycles. The minimum Gasteiger partial charge on any atom is -0.480 e. The predicted octanol–water partition coefficient (Wildman–Crippen LogP) is 0.932. The number of benzene rings is 1. The van der Waals surface area contributed by atoms with Crippen LogP contribution < -0.4 is 10.9 Å². The van der Waals surface area contributed by atoms with Crippen LogP contribution in [0.3, 0.4) is 0 Å². The number of fused-ring (bicyclic) bond motifs is 1. The highest BCUT2D eigenvalue weighted by molar-refractivity contribution is 5.84. The van der Waals surface area contributed by atoms with E-state index in [-0.39, 0.29) is 18.5 Å². The summed E-state index contributed by atoms with van der Waals surface area (Å²) in [5, 5.41) is 11.9. The van der Waals surface area contributed by atoms with Crippen molar-refractivity contribution < 1.29 is 14.7 Å². The largest absolute Gasteiger partial charge is 0.480 e. The number of nitrogens with one attached hydrogen (secondary N) is 1. The lowest BCUT2D eigenvalue weighted by Gasteiger charge is -2.13. The summed E-state index contributed by atoms with van der Waals surface area (Å²) >= 11 is 0. The Balaban J connectivity index is 2.15. The number of carboxylic acids is 1. The molecule has 0 aliphatic rings.